The van der Waals surface area contributed by atoms with Gasteiger partial charge in [-0.1, -0.05) is 36.4 Å². The van der Waals surface area contributed by atoms with Crippen molar-refractivity contribution < 1.29 is 4.39 Å². The Morgan fingerprint density at radius 2 is 1.51 bits per heavy atom. The Morgan fingerprint density at radius 3 is 2.26 bits per heavy atom. The van der Waals surface area contributed by atoms with Gasteiger partial charge in [-0.25, -0.2) is 9.07 Å². The molecule has 3 heterocycles. The van der Waals surface area contributed by atoms with Crippen LogP contribution in [0.1, 0.15) is 23.4 Å². The molecule has 1 aliphatic heterocycles. The van der Waals surface area contributed by atoms with Crippen LogP contribution in [-0.4, -0.2) is 57.3 Å². The Labute approximate surface area is 204 Å². The van der Waals surface area contributed by atoms with Crippen LogP contribution in [0, 0.1) is 5.82 Å². The number of halogens is 1. The molecule has 6 nitrogen and oxygen atoms in total. The molecule has 0 atom stereocenters. The van der Waals surface area contributed by atoms with Crippen molar-refractivity contribution in [1.82, 2.24) is 24.6 Å². The highest BCUT2D eigenvalue weighted by Gasteiger charge is 2.17. The normalized spacial score (nSPS) is 15.0. The quantitative estimate of drug-likeness (QED) is 0.392. The largest absolute Gasteiger partial charge is 0.301 e. The molecule has 35 heavy (non-hydrogen) atoms. The summed E-state index contributed by atoms with van der Waals surface area (Å²) in [5.41, 5.74) is 2.87. The van der Waals surface area contributed by atoms with Gasteiger partial charge in [0.2, 0.25) is 0 Å². The third-order valence-electron chi connectivity index (χ3n) is 6.65. The van der Waals surface area contributed by atoms with E-state index in [-0.39, 0.29) is 11.4 Å². The molecular formula is C28H30FN5O. The van der Waals surface area contributed by atoms with Crippen molar-refractivity contribution in [2.45, 2.75) is 25.9 Å². The molecule has 4 aromatic rings. The second kappa shape index (κ2) is 10.9. The van der Waals surface area contributed by atoms with Crippen molar-refractivity contribution >= 4 is 10.8 Å². The molecule has 0 unspecified atom stereocenters. The van der Waals surface area contributed by atoms with Gasteiger partial charge in [0.05, 0.1) is 16.8 Å². The average Bonchev–Trinajstić information content (AvgIpc) is 2.89. The van der Waals surface area contributed by atoms with Crippen molar-refractivity contribution in [3.05, 3.63) is 106 Å². The van der Waals surface area contributed by atoms with Crippen molar-refractivity contribution in [1.29, 1.82) is 0 Å². The molecule has 0 aliphatic carbocycles. The zero-order valence-electron chi connectivity index (χ0n) is 19.8. The van der Waals surface area contributed by atoms with Crippen LogP contribution in [0.4, 0.5) is 4.39 Å². The molecule has 0 radical (unpaired) electrons. The molecular weight excluding hydrogens is 441 g/mol. The van der Waals surface area contributed by atoms with Crippen LogP contribution >= 0.6 is 0 Å². The van der Waals surface area contributed by atoms with E-state index in [1.54, 1.807) is 16.8 Å². The molecule has 180 valence electrons. The third-order valence-corrected chi connectivity index (χ3v) is 6.65. The number of benzene rings is 2. The highest BCUT2D eigenvalue weighted by molar-refractivity contribution is 5.83. The van der Waals surface area contributed by atoms with Crippen LogP contribution < -0.4 is 5.56 Å². The number of rotatable bonds is 8. The molecule has 0 N–H and O–H groups in total. The smallest absolute Gasteiger partial charge is 0.274 e. The lowest BCUT2D eigenvalue weighted by Crippen LogP contribution is -2.46. The van der Waals surface area contributed by atoms with E-state index in [0.717, 1.165) is 68.0 Å². The second-order valence-corrected chi connectivity index (χ2v) is 9.12. The minimum absolute atomic E-state index is 0.0522. The molecule has 5 rings (SSSR count). The van der Waals surface area contributed by atoms with Crippen LogP contribution in [0.15, 0.2) is 77.7 Å². The molecule has 0 saturated carbocycles. The standard InChI is InChI=1S/C28H30FN5O/c29-23-11-9-22(10-12-23)20-27-25-7-1-2-8-26(25)28(35)34(31-27)15-5-14-32-16-18-33(19-17-32)21-24-6-3-4-13-30-24/h1-4,6-13H,5,14-21H2. The number of aromatic nitrogens is 3. The first-order valence-corrected chi connectivity index (χ1v) is 12.2. The lowest BCUT2D eigenvalue weighted by molar-refractivity contribution is 0.123. The van der Waals surface area contributed by atoms with Gasteiger partial charge in [0.1, 0.15) is 5.82 Å². The Morgan fingerprint density at radius 1 is 0.800 bits per heavy atom. The van der Waals surface area contributed by atoms with E-state index in [2.05, 4.69) is 20.9 Å². The van der Waals surface area contributed by atoms with Gasteiger partial charge in [-0.05, 0) is 42.3 Å². The lowest BCUT2D eigenvalue weighted by atomic mass is 10.0. The van der Waals surface area contributed by atoms with Gasteiger partial charge in [-0.3, -0.25) is 14.7 Å². The van der Waals surface area contributed by atoms with Crippen LogP contribution in [-0.2, 0) is 19.5 Å². The number of fused-ring (bicyclic) bond motifs is 1. The summed E-state index contributed by atoms with van der Waals surface area (Å²) >= 11 is 0. The Kier molecular flexibility index (Phi) is 7.25. The first-order chi connectivity index (χ1) is 17.2. The monoisotopic (exact) mass is 471 g/mol. The van der Waals surface area contributed by atoms with Crippen LogP contribution in [0.25, 0.3) is 10.8 Å². The molecule has 1 fully saturated rings. The molecule has 2 aromatic heterocycles. The summed E-state index contributed by atoms with van der Waals surface area (Å²) in [6.45, 7) is 6.48. The molecule has 0 bridgehead atoms. The Hall–Kier alpha value is -3.42. The van der Waals surface area contributed by atoms with Crippen LogP contribution in [0.2, 0.25) is 0 Å². The minimum atomic E-state index is -0.255. The van der Waals surface area contributed by atoms with E-state index in [1.807, 2.05) is 42.6 Å². The van der Waals surface area contributed by atoms with Crippen LogP contribution in [0.5, 0.6) is 0 Å². The number of aryl methyl sites for hydroxylation is 1. The van der Waals surface area contributed by atoms with Gasteiger partial charge in [-0.15, -0.1) is 0 Å². The summed E-state index contributed by atoms with van der Waals surface area (Å²) in [4.78, 5) is 22.4. The van der Waals surface area contributed by atoms with E-state index >= 15 is 0 Å². The number of nitrogens with zero attached hydrogens (tertiary/aromatic N) is 5. The van der Waals surface area contributed by atoms with E-state index in [9.17, 15) is 9.18 Å². The van der Waals surface area contributed by atoms with E-state index in [4.69, 9.17) is 5.10 Å². The van der Waals surface area contributed by atoms with Gasteiger partial charge in [0.25, 0.3) is 5.56 Å². The Balaban J connectivity index is 1.21. The predicted octanol–water partition coefficient (Wildman–Crippen LogP) is 3.73. The molecule has 7 heteroatoms. The third kappa shape index (κ3) is 5.81. The van der Waals surface area contributed by atoms with Crippen molar-refractivity contribution in [2.24, 2.45) is 0 Å². The summed E-state index contributed by atoms with van der Waals surface area (Å²) in [7, 11) is 0. The fourth-order valence-electron chi connectivity index (χ4n) is 4.72. The zero-order valence-corrected chi connectivity index (χ0v) is 19.8. The van der Waals surface area contributed by atoms with Gasteiger partial charge in [0, 0.05) is 63.8 Å². The maximum atomic E-state index is 13.3. The van der Waals surface area contributed by atoms with E-state index < -0.39 is 0 Å². The number of pyridine rings is 1. The van der Waals surface area contributed by atoms with Crippen LogP contribution in [0.3, 0.4) is 0 Å². The molecule has 0 spiro atoms. The highest BCUT2D eigenvalue weighted by Crippen LogP contribution is 2.17. The predicted molar refractivity (Wildman–Crippen MR) is 136 cm³/mol. The number of piperazine rings is 1. The van der Waals surface area contributed by atoms with Gasteiger partial charge in [-0.2, -0.15) is 5.10 Å². The summed E-state index contributed by atoms with van der Waals surface area (Å²) in [6, 6.07) is 20.1. The summed E-state index contributed by atoms with van der Waals surface area (Å²) in [6.07, 6.45) is 3.26. The number of hydrogen-bond acceptors (Lipinski definition) is 5. The maximum absolute atomic E-state index is 13.3. The van der Waals surface area contributed by atoms with Crippen molar-refractivity contribution in [2.75, 3.05) is 32.7 Å². The summed E-state index contributed by atoms with van der Waals surface area (Å²) in [5, 5.41) is 6.28. The lowest BCUT2D eigenvalue weighted by Gasteiger charge is -2.34. The Bertz CT molecular complexity index is 1320. The molecule has 1 saturated heterocycles. The van der Waals surface area contributed by atoms with E-state index in [0.29, 0.717) is 18.4 Å². The summed E-state index contributed by atoms with van der Waals surface area (Å²) in [5.74, 6) is -0.255. The maximum Gasteiger partial charge on any atom is 0.274 e. The average molecular weight is 472 g/mol. The topological polar surface area (TPSA) is 54.3 Å². The summed E-state index contributed by atoms with van der Waals surface area (Å²) < 4.78 is 14.9. The molecule has 0 amide bonds. The zero-order chi connectivity index (χ0) is 24.0. The SMILES string of the molecule is O=c1c2ccccc2c(Cc2ccc(F)cc2)nn1CCCN1CCN(Cc2ccccn2)CC1. The first kappa shape index (κ1) is 23.3. The van der Waals surface area contributed by atoms with Gasteiger partial charge >= 0.3 is 0 Å². The number of hydrogen-bond donors (Lipinski definition) is 0. The van der Waals surface area contributed by atoms with E-state index in [1.165, 1.54) is 12.1 Å². The molecule has 1 aliphatic rings. The minimum Gasteiger partial charge on any atom is -0.301 e. The van der Waals surface area contributed by atoms with Crippen molar-refractivity contribution in [3.8, 4) is 0 Å². The highest BCUT2D eigenvalue weighted by atomic mass is 19.1. The van der Waals surface area contributed by atoms with Gasteiger partial charge < -0.3 is 4.90 Å². The van der Waals surface area contributed by atoms with Gasteiger partial charge in [0.15, 0.2) is 0 Å². The molecule has 2 aromatic carbocycles. The second-order valence-electron chi connectivity index (χ2n) is 9.12. The van der Waals surface area contributed by atoms with Crippen molar-refractivity contribution in [3.63, 3.8) is 0 Å². The fraction of sp³-hybridized carbons (Fsp3) is 0.321. The fourth-order valence-corrected chi connectivity index (χ4v) is 4.72. The first-order valence-electron chi connectivity index (χ1n) is 12.2.